The molecule has 18 heavy (non-hydrogen) atoms. The van der Waals surface area contributed by atoms with Crippen LogP contribution in [-0.2, 0) is 9.53 Å². The molecule has 1 saturated heterocycles. The Labute approximate surface area is 109 Å². The summed E-state index contributed by atoms with van der Waals surface area (Å²) in [5.74, 6) is -0.176. The molecule has 2 N–H and O–H groups in total. The number of ether oxygens (including phenoxy) is 1. The smallest absolute Gasteiger partial charge is 0.303 e. The Balaban J connectivity index is 2.21. The fraction of sp³-hybridized carbons (Fsp3) is 0.769. The summed E-state index contributed by atoms with van der Waals surface area (Å²) in [5.41, 5.74) is 0. The maximum absolute atomic E-state index is 10.3. The van der Waals surface area contributed by atoms with E-state index in [0.717, 1.165) is 19.2 Å². The molecule has 4 nitrogen and oxygen atoms in total. The summed E-state index contributed by atoms with van der Waals surface area (Å²) in [6.45, 7) is 0.592. The lowest BCUT2D eigenvalue weighted by Gasteiger charge is -2.20. The van der Waals surface area contributed by atoms with E-state index >= 15 is 0 Å². The number of unbranched alkanes of at least 4 members (excludes halogenated alkanes) is 1. The van der Waals surface area contributed by atoms with E-state index in [0.29, 0.717) is 18.8 Å². The van der Waals surface area contributed by atoms with Crippen LogP contribution in [0.25, 0.3) is 0 Å². The van der Waals surface area contributed by atoms with Crippen LogP contribution in [0.3, 0.4) is 0 Å². The molecular weight excluding hydrogens is 231 g/mol. The van der Waals surface area contributed by atoms with Gasteiger partial charge >= 0.3 is 5.97 Å². The highest BCUT2D eigenvalue weighted by Crippen LogP contribution is 2.34. The van der Waals surface area contributed by atoms with E-state index in [1.54, 1.807) is 7.11 Å². The third-order valence-electron chi connectivity index (χ3n) is 3.42. The second-order valence-corrected chi connectivity index (χ2v) is 4.81. The van der Waals surface area contributed by atoms with E-state index in [1.807, 2.05) is 6.08 Å². The van der Waals surface area contributed by atoms with Gasteiger partial charge in [-0.05, 0) is 19.3 Å². The average molecular weight is 253 g/mol. The van der Waals surface area contributed by atoms with Crippen molar-refractivity contribution in [2.75, 3.05) is 13.7 Å². The molecular formula is C13H22BO4. The van der Waals surface area contributed by atoms with E-state index in [-0.39, 0.29) is 18.4 Å². The normalized spacial score (nSPS) is 27.6. The van der Waals surface area contributed by atoms with Gasteiger partial charge in [0.25, 0.3) is 0 Å². The number of hydrogen-bond donors (Lipinski definition) is 2. The topological polar surface area (TPSA) is 66.8 Å². The van der Waals surface area contributed by atoms with Crippen molar-refractivity contribution in [2.45, 2.75) is 43.9 Å². The van der Waals surface area contributed by atoms with Gasteiger partial charge in [0.15, 0.2) is 0 Å². The van der Waals surface area contributed by atoms with Gasteiger partial charge in [-0.15, -0.1) is 0 Å². The van der Waals surface area contributed by atoms with E-state index < -0.39 is 5.97 Å². The predicted molar refractivity (Wildman–Crippen MR) is 70.9 cm³/mol. The van der Waals surface area contributed by atoms with Crippen molar-refractivity contribution >= 4 is 13.2 Å². The standard InChI is InChI=1S/C13H22BO4/c1-18-9-10-11(14-8-12(10)15)6-4-2-3-5-7-13(16)17/h2,4,10-12,15H,3,5-9H2,1H3,(H,16,17)/b4-2-/t10-,11-,12-/m1/s1. The van der Waals surface area contributed by atoms with E-state index in [4.69, 9.17) is 9.84 Å². The second-order valence-electron chi connectivity index (χ2n) is 4.81. The zero-order chi connectivity index (χ0) is 13.4. The van der Waals surface area contributed by atoms with Crippen molar-refractivity contribution in [3.8, 4) is 0 Å². The summed E-state index contributed by atoms with van der Waals surface area (Å²) in [6, 6.07) is 0. The molecule has 5 heteroatoms. The maximum Gasteiger partial charge on any atom is 0.303 e. The number of carboxylic acids is 1. The highest BCUT2D eigenvalue weighted by molar-refractivity contribution is 6.39. The van der Waals surface area contributed by atoms with Crippen LogP contribution in [0.2, 0.25) is 12.1 Å². The quantitative estimate of drug-likeness (QED) is 0.393. The van der Waals surface area contributed by atoms with Crippen LogP contribution in [0.15, 0.2) is 12.2 Å². The molecule has 1 radical (unpaired) electrons. The third kappa shape index (κ3) is 5.23. The minimum Gasteiger partial charge on any atom is -0.481 e. The molecule has 101 valence electrons. The summed E-state index contributed by atoms with van der Waals surface area (Å²) < 4.78 is 5.13. The molecule has 0 amide bonds. The van der Waals surface area contributed by atoms with Crippen LogP contribution in [-0.4, -0.2) is 43.3 Å². The van der Waals surface area contributed by atoms with Gasteiger partial charge in [-0.2, -0.15) is 0 Å². The van der Waals surface area contributed by atoms with Crippen LogP contribution in [0.5, 0.6) is 0 Å². The molecule has 0 bridgehead atoms. The first kappa shape index (κ1) is 15.3. The summed E-state index contributed by atoms with van der Waals surface area (Å²) in [4.78, 5) is 10.3. The molecule has 3 atom stereocenters. The van der Waals surface area contributed by atoms with Gasteiger partial charge in [0.05, 0.1) is 12.7 Å². The first-order valence-electron chi connectivity index (χ1n) is 6.52. The fourth-order valence-corrected chi connectivity index (χ4v) is 2.39. The molecule has 0 spiro atoms. The van der Waals surface area contributed by atoms with Crippen molar-refractivity contribution in [3.05, 3.63) is 12.2 Å². The number of aliphatic carboxylic acids is 1. The van der Waals surface area contributed by atoms with Gasteiger partial charge in [0, 0.05) is 19.4 Å². The Bertz CT molecular complexity index is 280. The first-order chi connectivity index (χ1) is 8.65. The molecule has 0 aliphatic carbocycles. The highest BCUT2D eigenvalue weighted by atomic mass is 16.5. The van der Waals surface area contributed by atoms with E-state index in [2.05, 4.69) is 13.4 Å². The van der Waals surface area contributed by atoms with Crippen LogP contribution in [0.1, 0.15) is 25.7 Å². The zero-order valence-corrected chi connectivity index (χ0v) is 10.9. The number of rotatable bonds is 8. The number of aliphatic hydroxyl groups excluding tert-OH is 1. The van der Waals surface area contributed by atoms with E-state index in [9.17, 15) is 9.90 Å². The predicted octanol–water partition coefficient (Wildman–Crippen LogP) is 1.74. The molecule has 1 aliphatic heterocycles. The van der Waals surface area contributed by atoms with Crippen LogP contribution >= 0.6 is 0 Å². The van der Waals surface area contributed by atoms with Gasteiger partial charge < -0.3 is 14.9 Å². The summed E-state index contributed by atoms with van der Waals surface area (Å²) in [7, 11) is 3.82. The van der Waals surface area contributed by atoms with Crippen LogP contribution in [0, 0.1) is 5.92 Å². The molecule has 0 aromatic carbocycles. The number of methoxy groups -OCH3 is 1. The number of carbonyl (C=O) groups is 1. The summed E-state index contributed by atoms with van der Waals surface area (Å²) in [5, 5.41) is 18.3. The third-order valence-corrected chi connectivity index (χ3v) is 3.42. The molecule has 1 aliphatic rings. The van der Waals surface area contributed by atoms with Crippen LogP contribution in [0.4, 0.5) is 0 Å². The van der Waals surface area contributed by atoms with Crippen molar-refractivity contribution in [2.24, 2.45) is 5.92 Å². The lowest BCUT2D eigenvalue weighted by atomic mass is 9.64. The van der Waals surface area contributed by atoms with Gasteiger partial charge in [0.2, 0.25) is 0 Å². The van der Waals surface area contributed by atoms with Crippen molar-refractivity contribution < 1.29 is 19.7 Å². The Morgan fingerprint density at radius 3 is 2.94 bits per heavy atom. The largest absolute Gasteiger partial charge is 0.481 e. The molecule has 1 heterocycles. The lowest BCUT2D eigenvalue weighted by Crippen LogP contribution is -2.21. The van der Waals surface area contributed by atoms with Crippen molar-refractivity contribution in [1.82, 2.24) is 0 Å². The number of hydrogen-bond acceptors (Lipinski definition) is 3. The molecule has 0 aromatic rings. The summed E-state index contributed by atoms with van der Waals surface area (Å²) in [6.07, 6.45) is 7.19. The Morgan fingerprint density at radius 2 is 2.28 bits per heavy atom. The second kappa shape index (κ2) is 8.32. The highest BCUT2D eigenvalue weighted by Gasteiger charge is 2.34. The Hall–Kier alpha value is -0.805. The van der Waals surface area contributed by atoms with Crippen molar-refractivity contribution in [3.63, 3.8) is 0 Å². The molecule has 0 saturated carbocycles. The Kier molecular flexibility index (Phi) is 7.05. The minimum atomic E-state index is -0.740. The number of allylic oxidation sites excluding steroid dienone is 2. The lowest BCUT2D eigenvalue weighted by molar-refractivity contribution is -0.137. The SMILES string of the molecule is COC[C@H]1[C@H](O)C[B][C@@H]1C/C=C\CCCC(=O)O. The van der Waals surface area contributed by atoms with Gasteiger partial charge in [-0.3, -0.25) is 4.79 Å². The molecule has 1 fully saturated rings. The molecule has 1 rings (SSSR count). The van der Waals surface area contributed by atoms with Crippen molar-refractivity contribution in [1.29, 1.82) is 0 Å². The van der Waals surface area contributed by atoms with Gasteiger partial charge in [-0.25, -0.2) is 0 Å². The molecule has 0 unspecified atom stereocenters. The number of aliphatic hydroxyl groups is 1. The summed E-state index contributed by atoms with van der Waals surface area (Å²) >= 11 is 0. The monoisotopic (exact) mass is 253 g/mol. The average Bonchev–Trinajstić information content (AvgIpc) is 2.66. The van der Waals surface area contributed by atoms with Gasteiger partial charge in [0.1, 0.15) is 7.28 Å². The Morgan fingerprint density at radius 1 is 1.50 bits per heavy atom. The minimum absolute atomic E-state index is 0.193. The first-order valence-corrected chi connectivity index (χ1v) is 6.52. The maximum atomic E-state index is 10.3. The van der Waals surface area contributed by atoms with Gasteiger partial charge in [-0.1, -0.05) is 24.3 Å². The van der Waals surface area contributed by atoms with Crippen LogP contribution < -0.4 is 0 Å². The molecule has 0 aromatic heterocycles. The fourth-order valence-electron chi connectivity index (χ4n) is 2.39. The van der Waals surface area contributed by atoms with E-state index in [1.165, 1.54) is 0 Å². The number of carboxylic acid groups (broad SMARTS) is 1. The zero-order valence-electron chi connectivity index (χ0n) is 10.9.